The van der Waals surface area contributed by atoms with Crippen LogP contribution in [0.15, 0.2) is 53.4 Å². The second-order valence-electron chi connectivity index (χ2n) is 7.56. The highest BCUT2D eigenvalue weighted by Crippen LogP contribution is 2.34. The standard InChI is InChI=1S/C24H18Cl3N3O3S/c1-13-9-15(14(2)30(13)16-7-8-17(25)19(27)11-16)10-21-23(32)29(24(33)34-21)12-22(31)28-20-6-4-3-5-18(20)26/h3-11H,12H2,1-2H3,(H,28,31)/b21-10-. The molecule has 6 nitrogen and oxygen atoms in total. The molecule has 0 atom stereocenters. The molecule has 0 aliphatic carbocycles. The van der Waals surface area contributed by atoms with Gasteiger partial charge < -0.3 is 9.88 Å². The number of hydrogen-bond donors (Lipinski definition) is 1. The summed E-state index contributed by atoms with van der Waals surface area (Å²) < 4.78 is 1.98. The predicted octanol–water partition coefficient (Wildman–Crippen LogP) is 6.73. The highest BCUT2D eigenvalue weighted by Gasteiger charge is 2.36. The summed E-state index contributed by atoms with van der Waals surface area (Å²) in [5.74, 6) is -1.04. The molecule has 1 aliphatic heterocycles. The number of rotatable bonds is 5. The number of hydrogen-bond acceptors (Lipinski definition) is 4. The second kappa shape index (κ2) is 9.88. The SMILES string of the molecule is Cc1cc(/C=C2\SC(=O)N(CC(=O)Nc3ccccc3Cl)C2=O)c(C)n1-c1ccc(Cl)c(Cl)c1. The van der Waals surface area contributed by atoms with Crippen molar-refractivity contribution in [2.45, 2.75) is 13.8 Å². The first-order chi connectivity index (χ1) is 16.2. The van der Waals surface area contributed by atoms with Gasteiger partial charge in [0.05, 0.1) is 25.7 Å². The summed E-state index contributed by atoms with van der Waals surface area (Å²) in [5.41, 5.74) is 3.79. The number of aromatic nitrogens is 1. The minimum Gasteiger partial charge on any atom is -0.323 e. The van der Waals surface area contributed by atoms with Crippen LogP contribution in [0, 0.1) is 13.8 Å². The van der Waals surface area contributed by atoms with Crippen LogP contribution >= 0.6 is 46.6 Å². The topological polar surface area (TPSA) is 71.4 Å². The van der Waals surface area contributed by atoms with Gasteiger partial charge in [0, 0.05) is 17.1 Å². The van der Waals surface area contributed by atoms with Gasteiger partial charge in [-0.2, -0.15) is 0 Å². The number of carbonyl (C=O) groups excluding carboxylic acids is 3. The van der Waals surface area contributed by atoms with Crippen molar-refractivity contribution in [2.24, 2.45) is 0 Å². The van der Waals surface area contributed by atoms with Gasteiger partial charge in [0.25, 0.3) is 11.1 Å². The molecule has 0 saturated carbocycles. The molecule has 0 radical (unpaired) electrons. The highest BCUT2D eigenvalue weighted by molar-refractivity contribution is 8.18. The molecule has 1 aromatic heterocycles. The van der Waals surface area contributed by atoms with E-state index in [4.69, 9.17) is 34.8 Å². The van der Waals surface area contributed by atoms with Crippen LogP contribution in [-0.4, -0.2) is 33.1 Å². The highest BCUT2D eigenvalue weighted by atomic mass is 35.5. The van der Waals surface area contributed by atoms with E-state index in [9.17, 15) is 14.4 Å². The molecule has 3 aromatic rings. The van der Waals surface area contributed by atoms with E-state index in [0.717, 1.165) is 39.3 Å². The van der Waals surface area contributed by atoms with Gasteiger partial charge in [0.15, 0.2) is 0 Å². The number of amides is 3. The number of nitrogens with one attached hydrogen (secondary N) is 1. The van der Waals surface area contributed by atoms with Gasteiger partial charge in [0.1, 0.15) is 6.54 Å². The molecule has 2 heterocycles. The third-order valence-corrected chi connectivity index (χ3v) is 7.22. The van der Waals surface area contributed by atoms with E-state index in [1.807, 2.05) is 30.5 Å². The molecular formula is C24H18Cl3N3O3S. The molecule has 3 amide bonds. The van der Waals surface area contributed by atoms with Crippen molar-refractivity contribution in [3.05, 3.63) is 85.5 Å². The first-order valence-corrected chi connectivity index (χ1v) is 12.0. The van der Waals surface area contributed by atoms with Gasteiger partial charge in [0.2, 0.25) is 5.91 Å². The summed E-state index contributed by atoms with van der Waals surface area (Å²) in [4.78, 5) is 39.0. The Bertz CT molecular complexity index is 1370. The first kappa shape index (κ1) is 24.4. The summed E-state index contributed by atoms with van der Waals surface area (Å²) in [6.45, 7) is 3.43. The fourth-order valence-corrected chi connectivity index (χ4v) is 4.93. The van der Waals surface area contributed by atoms with Gasteiger partial charge in [-0.15, -0.1) is 0 Å². The minimum absolute atomic E-state index is 0.241. The van der Waals surface area contributed by atoms with E-state index in [-0.39, 0.29) is 4.91 Å². The lowest BCUT2D eigenvalue weighted by atomic mass is 10.2. The Balaban J connectivity index is 1.55. The van der Waals surface area contributed by atoms with Crippen molar-refractivity contribution < 1.29 is 14.4 Å². The number of halogens is 3. The van der Waals surface area contributed by atoms with Gasteiger partial charge in [-0.1, -0.05) is 46.9 Å². The van der Waals surface area contributed by atoms with Crippen LogP contribution in [0.2, 0.25) is 15.1 Å². The third-order valence-electron chi connectivity index (χ3n) is 5.24. The summed E-state index contributed by atoms with van der Waals surface area (Å²) >= 11 is 19.1. The van der Waals surface area contributed by atoms with Crippen LogP contribution < -0.4 is 5.32 Å². The monoisotopic (exact) mass is 533 g/mol. The number of aryl methyl sites for hydroxylation is 1. The Morgan fingerprint density at radius 3 is 2.44 bits per heavy atom. The smallest absolute Gasteiger partial charge is 0.294 e. The molecule has 0 bridgehead atoms. The molecular weight excluding hydrogens is 517 g/mol. The van der Waals surface area contributed by atoms with Crippen LogP contribution in [0.1, 0.15) is 17.0 Å². The zero-order valence-corrected chi connectivity index (χ0v) is 21.1. The molecule has 34 heavy (non-hydrogen) atoms. The maximum Gasteiger partial charge on any atom is 0.294 e. The average Bonchev–Trinajstić information content (AvgIpc) is 3.21. The zero-order chi connectivity index (χ0) is 24.6. The lowest BCUT2D eigenvalue weighted by molar-refractivity contribution is -0.127. The molecule has 4 rings (SSSR count). The molecule has 174 valence electrons. The van der Waals surface area contributed by atoms with E-state index in [1.54, 1.807) is 42.5 Å². The van der Waals surface area contributed by atoms with E-state index in [0.29, 0.717) is 20.8 Å². The summed E-state index contributed by atoms with van der Waals surface area (Å²) in [6.07, 6.45) is 1.66. The lowest BCUT2D eigenvalue weighted by Gasteiger charge is -2.13. The van der Waals surface area contributed by atoms with E-state index in [2.05, 4.69) is 5.32 Å². The Labute approximate surface area is 215 Å². The molecule has 1 N–H and O–H groups in total. The number of anilines is 1. The van der Waals surface area contributed by atoms with Crippen LogP contribution in [0.25, 0.3) is 11.8 Å². The number of imide groups is 1. The predicted molar refractivity (Wildman–Crippen MR) is 138 cm³/mol. The molecule has 0 spiro atoms. The maximum atomic E-state index is 12.9. The van der Waals surface area contributed by atoms with Crippen LogP contribution in [0.3, 0.4) is 0 Å². The fraction of sp³-hybridized carbons (Fsp3) is 0.125. The van der Waals surface area contributed by atoms with Gasteiger partial charge in [-0.25, -0.2) is 0 Å². The molecule has 10 heteroatoms. The lowest BCUT2D eigenvalue weighted by Crippen LogP contribution is -2.36. The van der Waals surface area contributed by atoms with Gasteiger partial charge in [-0.05, 0) is 73.6 Å². The molecule has 2 aromatic carbocycles. The van der Waals surface area contributed by atoms with Gasteiger partial charge in [-0.3, -0.25) is 19.3 Å². The van der Waals surface area contributed by atoms with Crippen molar-refractivity contribution in [3.63, 3.8) is 0 Å². The summed E-state index contributed by atoms with van der Waals surface area (Å²) in [6, 6.07) is 14.0. The minimum atomic E-state index is -0.524. The van der Waals surface area contributed by atoms with Crippen LogP contribution in [0.5, 0.6) is 0 Å². The summed E-state index contributed by atoms with van der Waals surface area (Å²) in [7, 11) is 0. The first-order valence-electron chi connectivity index (χ1n) is 10.1. The van der Waals surface area contributed by atoms with E-state index >= 15 is 0 Å². The average molecular weight is 535 g/mol. The van der Waals surface area contributed by atoms with Crippen molar-refractivity contribution in [3.8, 4) is 5.69 Å². The van der Waals surface area contributed by atoms with Crippen LogP contribution in [-0.2, 0) is 9.59 Å². The Kier molecular flexibility index (Phi) is 7.09. The number of thioether (sulfide) groups is 1. The summed E-state index contributed by atoms with van der Waals surface area (Å²) in [5, 5.41) is 3.37. The number of nitrogens with zero attached hydrogens (tertiary/aromatic N) is 2. The number of carbonyl (C=O) groups is 3. The number of benzene rings is 2. The largest absolute Gasteiger partial charge is 0.323 e. The quantitative estimate of drug-likeness (QED) is 0.368. The molecule has 1 aliphatic rings. The van der Waals surface area contributed by atoms with Gasteiger partial charge >= 0.3 is 0 Å². The van der Waals surface area contributed by atoms with E-state index in [1.165, 1.54) is 0 Å². The third kappa shape index (κ3) is 4.88. The number of para-hydroxylation sites is 1. The van der Waals surface area contributed by atoms with Crippen LogP contribution in [0.4, 0.5) is 10.5 Å². The molecule has 1 saturated heterocycles. The van der Waals surface area contributed by atoms with E-state index < -0.39 is 23.6 Å². The van der Waals surface area contributed by atoms with Crippen molar-refractivity contribution >= 4 is 75.4 Å². The zero-order valence-electron chi connectivity index (χ0n) is 18.1. The Morgan fingerprint density at radius 1 is 1.00 bits per heavy atom. The second-order valence-corrected chi connectivity index (χ2v) is 9.77. The molecule has 1 fully saturated rings. The van der Waals surface area contributed by atoms with Crippen molar-refractivity contribution in [2.75, 3.05) is 11.9 Å². The van der Waals surface area contributed by atoms with Crippen molar-refractivity contribution in [1.29, 1.82) is 0 Å². The molecule has 0 unspecified atom stereocenters. The fourth-order valence-electron chi connectivity index (χ4n) is 3.63. The Morgan fingerprint density at radius 2 is 1.74 bits per heavy atom. The maximum absolute atomic E-state index is 12.9. The van der Waals surface area contributed by atoms with Crippen molar-refractivity contribution in [1.82, 2.24) is 9.47 Å². The normalized spacial score (nSPS) is 14.9. The Hall–Kier alpha value is -2.71.